The average molecular weight is 331 g/mol. The molecule has 0 aromatic heterocycles. The highest BCUT2D eigenvalue weighted by atomic mass is 32.2. The Labute approximate surface area is 127 Å². The van der Waals surface area contributed by atoms with E-state index in [9.17, 15) is 10.4 Å². The van der Waals surface area contributed by atoms with Gasteiger partial charge in [0.2, 0.25) is 0 Å². The predicted octanol–water partition coefficient (Wildman–Crippen LogP) is 2.93. The van der Waals surface area contributed by atoms with Crippen molar-refractivity contribution in [1.29, 1.82) is 0 Å². The molecule has 0 radical (unpaired) electrons. The van der Waals surface area contributed by atoms with E-state index in [0.717, 1.165) is 35.9 Å². The van der Waals surface area contributed by atoms with Crippen LogP contribution in [0.1, 0.15) is 12.8 Å². The van der Waals surface area contributed by atoms with Crippen molar-refractivity contribution < 1.29 is 10.4 Å². The smallest absolute Gasteiger partial charge is 0.0703 e. The molecule has 1 fully saturated rings. The van der Waals surface area contributed by atoms with Crippen LogP contribution in [0.25, 0.3) is 0 Å². The van der Waals surface area contributed by atoms with Gasteiger partial charge in [-0.1, -0.05) is 0 Å². The van der Waals surface area contributed by atoms with Crippen molar-refractivity contribution in [2.24, 2.45) is 0 Å². The van der Waals surface area contributed by atoms with Crippen LogP contribution in [-0.2, 0) is 0 Å². The molecule has 2 N–H and O–H groups in total. The molecule has 1 heterocycles. The normalized spacial score (nSPS) is 25.0. The van der Waals surface area contributed by atoms with Crippen LogP contribution in [0.2, 0.25) is 0 Å². The van der Waals surface area contributed by atoms with Crippen LogP contribution >= 0.6 is 47.0 Å². The van der Waals surface area contributed by atoms with Crippen molar-refractivity contribution in [3.05, 3.63) is 0 Å². The van der Waals surface area contributed by atoms with Gasteiger partial charge in [-0.3, -0.25) is 0 Å². The first kappa shape index (κ1) is 17.3. The summed E-state index contributed by atoms with van der Waals surface area (Å²) >= 11 is 7.07. The van der Waals surface area contributed by atoms with Gasteiger partial charge < -0.3 is 10.4 Å². The Bertz CT molecular complexity index is 167. The molecule has 18 heavy (non-hydrogen) atoms. The molecule has 0 bridgehead atoms. The zero-order valence-corrected chi connectivity index (χ0v) is 13.8. The van der Waals surface area contributed by atoms with Crippen LogP contribution in [0.15, 0.2) is 0 Å². The van der Waals surface area contributed by atoms with E-state index >= 15 is 0 Å². The van der Waals surface area contributed by atoms with Gasteiger partial charge in [0.25, 0.3) is 0 Å². The zero-order chi connectivity index (χ0) is 13.1. The van der Waals surface area contributed by atoms with Gasteiger partial charge in [-0.15, -0.1) is 47.0 Å². The van der Waals surface area contributed by atoms with E-state index in [-0.39, 0.29) is 0 Å². The summed E-state index contributed by atoms with van der Waals surface area (Å²) in [6.07, 6.45) is 2.24. The predicted molar refractivity (Wildman–Crippen MR) is 85.8 cm³/mol. The van der Waals surface area contributed by atoms with Gasteiger partial charge in [-0.2, -0.15) is 10.1 Å². The Morgan fingerprint density at radius 1 is 0.556 bits per heavy atom. The van der Waals surface area contributed by atoms with E-state index in [1.165, 1.54) is 10.1 Å². The molecule has 1 saturated heterocycles. The highest BCUT2D eigenvalue weighted by Crippen LogP contribution is 2.15. The molecule has 1 rings (SSSR count). The van der Waals surface area contributed by atoms with E-state index in [2.05, 4.69) is 0 Å². The van der Waals surface area contributed by atoms with Gasteiger partial charge in [0.05, 0.1) is 23.5 Å². The fraction of sp³-hybridized carbons (Fsp3) is 1.00. The third-order valence-electron chi connectivity index (χ3n) is 2.12. The number of hydrogen-bond donors (Lipinski definition) is 2. The topological polar surface area (TPSA) is 46.9 Å². The van der Waals surface area contributed by atoms with Gasteiger partial charge in [-0.05, 0) is 35.9 Å². The molecule has 0 unspecified atom stereocenters. The van der Waals surface area contributed by atoms with Crippen molar-refractivity contribution in [3.63, 3.8) is 0 Å². The van der Waals surface area contributed by atoms with Crippen molar-refractivity contribution in [2.75, 3.05) is 46.5 Å². The standard InChI is InChI=1S/C10H22N2O2S4/c13-11-7-15-3-1-4-16-8-12(14)10-18-6-2-5-17-9-11/h13-14H,1-10H2. The van der Waals surface area contributed by atoms with Gasteiger partial charge in [-0.25, -0.2) is 0 Å². The summed E-state index contributed by atoms with van der Waals surface area (Å²) in [5.74, 6) is 7.03. The third-order valence-corrected chi connectivity index (χ3v) is 6.35. The summed E-state index contributed by atoms with van der Waals surface area (Å²) in [4.78, 5) is 0. The van der Waals surface area contributed by atoms with Crippen LogP contribution in [0.5, 0.6) is 0 Å². The Morgan fingerprint density at radius 3 is 1.11 bits per heavy atom. The molecule has 1 aliphatic heterocycles. The Balaban J connectivity index is 2.17. The zero-order valence-electron chi connectivity index (χ0n) is 10.5. The molecule has 1 aliphatic rings. The first-order chi connectivity index (χ1) is 8.79. The summed E-state index contributed by atoms with van der Waals surface area (Å²) in [5.41, 5.74) is 0. The SMILES string of the molecule is ON1CSCCCSCN(O)CSCCCSC1. The molecule has 0 saturated carbocycles. The lowest BCUT2D eigenvalue weighted by Crippen LogP contribution is -2.19. The minimum atomic E-state index is 0.693. The maximum atomic E-state index is 9.60. The molecular formula is C10H22N2O2S4. The van der Waals surface area contributed by atoms with E-state index in [1.54, 1.807) is 47.0 Å². The van der Waals surface area contributed by atoms with Crippen LogP contribution in [0, 0.1) is 0 Å². The van der Waals surface area contributed by atoms with E-state index in [1.807, 2.05) is 0 Å². The van der Waals surface area contributed by atoms with Gasteiger partial charge in [0, 0.05) is 0 Å². The second-order valence-corrected chi connectivity index (χ2v) is 8.17. The van der Waals surface area contributed by atoms with Gasteiger partial charge in [0.15, 0.2) is 0 Å². The summed E-state index contributed by atoms with van der Waals surface area (Å²) in [7, 11) is 0. The first-order valence-electron chi connectivity index (χ1n) is 5.97. The lowest BCUT2D eigenvalue weighted by Gasteiger charge is -2.16. The van der Waals surface area contributed by atoms with Crippen LogP contribution < -0.4 is 0 Å². The minimum Gasteiger partial charge on any atom is -0.312 e. The molecule has 0 aromatic carbocycles. The fourth-order valence-corrected chi connectivity index (χ4v) is 5.00. The Hall–Kier alpha value is 1.24. The molecule has 0 aromatic rings. The number of hydroxylamine groups is 4. The molecule has 0 aliphatic carbocycles. The van der Waals surface area contributed by atoms with Gasteiger partial charge >= 0.3 is 0 Å². The third kappa shape index (κ3) is 10.1. The summed E-state index contributed by atoms with van der Waals surface area (Å²) in [5, 5.41) is 22.0. The molecule has 0 atom stereocenters. The Kier molecular flexibility index (Phi) is 11.5. The molecule has 4 nitrogen and oxygen atoms in total. The molecule has 0 spiro atoms. The first-order valence-corrected chi connectivity index (χ1v) is 10.6. The van der Waals surface area contributed by atoms with Crippen molar-refractivity contribution in [3.8, 4) is 0 Å². The number of hydrogen-bond acceptors (Lipinski definition) is 8. The maximum Gasteiger partial charge on any atom is 0.0703 e. The van der Waals surface area contributed by atoms with E-state index in [4.69, 9.17) is 0 Å². The lowest BCUT2D eigenvalue weighted by atomic mass is 10.6. The molecular weight excluding hydrogens is 308 g/mol. The van der Waals surface area contributed by atoms with Crippen LogP contribution in [-0.4, -0.2) is 67.1 Å². The molecule has 108 valence electrons. The van der Waals surface area contributed by atoms with E-state index < -0.39 is 0 Å². The highest BCUT2D eigenvalue weighted by Gasteiger charge is 2.04. The van der Waals surface area contributed by atoms with Crippen LogP contribution in [0.4, 0.5) is 0 Å². The monoisotopic (exact) mass is 330 g/mol. The van der Waals surface area contributed by atoms with Crippen molar-refractivity contribution >= 4 is 47.0 Å². The fourth-order valence-electron chi connectivity index (χ4n) is 1.28. The number of thioether (sulfide) groups is 4. The minimum absolute atomic E-state index is 0.693. The maximum absolute atomic E-state index is 9.60. The van der Waals surface area contributed by atoms with E-state index in [0.29, 0.717) is 23.5 Å². The number of nitrogens with zero attached hydrogens (tertiary/aromatic N) is 2. The Morgan fingerprint density at radius 2 is 0.833 bits per heavy atom. The lowest BCUT2D eigenvalue weighted by molar-refractivity contribution is -0.0517. The molecule has 0 amide bonds. The highest BCUT2D eigenvalue weighted by molar-refractivity contribution is 8.01. The second kappa shape index (κ2) is 12.0. The quantitative estimate of drug-likeness (QED) is 0.703. The molecule has 8 heteroatoms. The summed E-state index contributed by atoms with van der Waals surface area (Å²) in [6, 6.07) is 0. The number of rotatable bonds is 0. The van der Waals surface area contributed by atoms with Crippen molar-refractivity contribution in [1.82, 2.24) is 10.1 Å². The summed E-state index contributed by atoms with van der Waals surface area (Å²) < 4.78 is 0. The van der Waals surface area contributed by atoms with Crippen LogP contribution in [0.3, 0.4) is 0 Å². The second-order valence-electron chi connectivity index (χ2n) is 3.87. The summed E-state index contributed by atoms with van der Waals surface area (Å²) in [6.45, 7) is 0. The largest absolute Gasteiger partial charge is 0.312 e. The van der Waals surface area contributed by atoms with Crippen molar-refractivity contribution in [2.45, 2.75) is 12.8 Å². The average Bonchev–Trinajstić information content (AvgIpc) is 2.35. The van der Waals surface area contributed by atoms with Gasteiger partial charge in [0.1, 0.15) is 0 Å².